The van der Waals surface area contributed by atoms with Gasteiger partial charge in [-0.2, -0.15) is 13.2 Å². The molecule has 0 saturated carbocycles. The van der Waals surface area contributed by atoms with Crippen LogP contribution in [0.3, 0.4) is 0 Å². The lowest BCUT2D eigenvalue weighted by Crippen LogP contribution is -2.32. The predicted octanol–water partition coefficient (Wildman–Crippen LogP) is 4.41. The molecule has 3 nitrogen and oxygen atoms in total. The minimum Gasteiger partial charge on any atom is -0.282 e. The maximum Gasteiger partial charge on any atom is 0.392 e. The molecular weight excluding hydrogens is 307 g/mol. The molecular formula is C17H28F3NO2. The first-order chi connectivity index (χ1) is 10.6. The van der Waals surface area contributed by atoms with E-state index in [-0.39, 0.29) is 36.5 Å². The standard InChI is InChI=1S/C17H28F3NO2/c1-11(2)13-10-15(22)21(16(13)23)9-7-5-6-8-14(12(3)4)17(18,19)20/h11-14H,5-10H2,1-4H3. The molecule has 0 N–H and O–H groups in total. The number of carbonyl (C=O) groups excluding carboxylic acids is 2. The van der Waals surface area contributed by atoms with Crippen molar-refractivity contribution in [3.8, 4) is 0 Å². The van der Waals surface area contributed by atoms with Crippen LogP contribution < -0.4 is 0 Å². The van der Waals surface area contributed by atoms with Crippen molar-refractivity contribution in [3.63, 3.8) is 0 Å². The van der Waals surface area contributed by atoms with Crippen LogP contribution in [0.1, 0.15) is 59.8 Å². The summed E-state index contributed by atoms with van der Waals surface area (Å²) in [5.41, 5.74) is 0. The molecule has 2 amide bonds. The summed E-state index contributed by atoms with van der Waals surface area (Å²) >= 11 is 0. The maximum atomic E-state index is 12.8. The van der Waals surface area contributed by atoms with E-state index in [9.17, 15) is 22.8 Å². The van der Waals surface area contributed by atoms with Crippen LogP contribution in [0, 0.1) is 23.7 Å². The first-order valence-electron chi connectivity index (χ1n) is 8.46. The zero-order valence-corrected chi connectivity index (χ0v) is 14.4. The highest BCUT2D eigenvalue weighted by Gasteiger charge is 2.41. The molecule has 1 saturated heterocycles. The van der Waals surface area contributed by atoms with Crippen molar-refractivity contribution in [1.82, 2.24) is 4.90 Å². The van der Waals surface area contributed by atoms with E-state index in [1.165, 1.54) is 4.90 Å². The van der Waals surface area contributed by atoms with Crippen LogP contribution >= 0.6 is 0 Å². The summed E-state index contributed by atoms with van der Waals surface area (Å²) in [6, 6.07) is 0. The molecule has 1 aliphatic heterocycles. The first kappa shape index (κ1) is 20.0. The Morgan fingerprint density at radius 1 is 1.09 bits per heavy atom. The summed E-state index contributed by atoms with van der Waals surface area (Å²) in [6.07, 6.45) is -2.14. The van der Waals surface area contributed by atoms with Gasteiger partial charge < -0.3 is 0 Å². The highest BCUT2D eigenvalue weighted by Crippen LogP contribution is 2.35. The van der Waals surface area contributed by atoms with Crippen molar-refractivity contribution in [1.29, 1.82) is 0 Å². The van der Waals surface area contributed by atoms with Gasteiger partial charge in [-0.25, -0.2) is 0 Å². The second-order valence-corrected chi connectivity index (χ2v) is 7.18. The summed E-state index contributed by atoms with van der Waals surface area (Å²) in [5, 5.41) is 0. The number of likely N-dealkylation sites (tertiary alicyclic amines) is 1. The van der Waals surface area contributed by atoms with Crippen LogP contribution in [0.25, 0.3) is 0 Å². The zero-order chi connectivity index (χ0) is 17.8. The highest BCUT2D eigenvalue weighted by molar-refractivity contribution is 6.03. The van der Waals surface area contributed by atoms with Gasteiger partial charge in [0.05, 0.1) is 5.92 Å². The molecule has 134 valence electrons. The minimum absolute atomic E-state index is 0.109. The summed E-state index contributed by atoms with van der Waals surface area (Å²) in [4.78, 5) is 25.2. The quantitative estimate of drug-likeness (QED) is 0.487. The van der Waals surface area contributed by atoms with Crippen molar-refractivity contribution in [2.45, 2.75) is 66.0 Å². The van der Waals surface area contributed by atoms with E-state index < -0.39 is 18.0 Å². The first-order valence-corrected chi connectivity index (χ1v) is 8.46. The molecule has 0 bridgehead atoms. The fourth-order valence-corrected chi connectivity index (χ4v) is 3.15. The Balaban J connectivity index is 2.35. The number of rotatable bonds is 8. The zero-order valence-electron chi connectivity index (χ0n) is 14.4. The van der Waals surface area contributed by atoms with Crippen molar-refractivity contribution < 1.29 is 22.8 Å². The van der Waals surface area contributed by atoms with E-state index in [0.29, 0.717) is 25.8 Å². The number of amides is 2. The van der Waals surface area contributed by atoms with Crippen LogP contribution in [0.2, 0.25) is 0 Å². The predicted molar refractivity (Wildman–Crippen MR) is 82.5 cm³/mol. The van der Waals surface area contributed by atoms with Gasteiger partial charge in [0.2, 0.25) is 11.8 Å². The van der Waals surface area contributed by atoms with Crippen molar-refractivity contribution in [2.75, 3.05) is 6.54 Å². The molecule has 2 unspecified atom stereocenters. The van der Waals surface area contributed by atoms with Crippen LogP contribution in [-0.2, 0) is 9.59 Å². The number of alkyl halides is 3. The number of halogens is 3. The summed E-state index contributed by atoms with van der Waals surface area (Å²) in [6.45, 7) is 7.35. The van der Waals surface area contributed by atoms with Crippen molar-refractivity contribution in [2.24, 2.45) is 23.7 Å². The van der Waals surface area contributed by atoms with E-state index in [1.807, 2.05) is 13.8 Å². The van der Waals surface area contributed by atoms with Crippen molar-refractivity contribution in [3.05, 3.63) is 0 Å². The second kappa shape index (κ2) is 8.15. The smallest absolute Gasteiger partial charge is 0.282 e. The summed E-state index contributed by atoms with van der Waals surface area (Å²) < 4.78 is 38.5. The van der Waals surface area contributed by atoms with Crippen LogP contribution in [0.4, 0.5) is 13.2 Å². The Morgan fingerprint density at radius 2 is 1.70 bits per heavy atom. The van der Waals surface area contributed by atoms with E-state index in [2.05, 4.69) is 0 Å². The summed E-state index contributed by atoms with van der Waals surface area (Å²) in [7, 11) is 0. The number of hydrogen-bond donors (Lipinski definition) is 0. The third-order valence-corrected chi connectivity index (χ3v) is 4.71. The molecule has 0 aromatic heterocycles. The van der Waals surface area contributed by atoms with Gasteiger partial charge in [0, 0.05) is 18.9 Å². The molecule has 1 fully saturated rings. The van der Waals surface area contributed by atoms with Crippen molar-refractivity contribution >= 4 is 11.8 Å². The Bertz CT molecular complexity index is 419. The third-order valence-electron chi connectivity index (χ3n) is 4.71. The molecule has 6 heteroatoms. The molecule has 0 aromatic carbocycles. The van der Waals surface area contributed by atoms with Gasteiger partial charge in [-0.3, -0.25) is 14.5 Å². The molecule has 1 heterocycles. The van der Waals surface area contributed by atoms with Gasteiger partial charge in [0.25, 0.3) is 0 Å². The Labute approximate surface area is 136 Å². The second-order valence-electron chi connectivity index (χ2n) is 7.18. The molecule has 0 spiro atoms. The third kappa shape index (κ3) is 5.50. The monoisotopic (exact) mass is 335 g/mol. The van der Waals surface area contributed by atoms with Crippen LogP contribution in [-0.4, -0.2) is 29.4 Å². The fourth-order valence-electron chi connectivity index (χ4n) is 3.15. The maximum absolute atomic E-state index is 12.8. The topological polar surface area (TPSA) is 37.4 Å². The molecule has 2 atom stereocenters. The lowest BCUT2D eigenvalue weighted by molar-refractivity contribution is -0.187. The molecule has 0 aromatic rings. The van der Waals surface area contributed by atoms with Gasteiger partial charge in [-0.1, -0.05) is 40.5 Å². The number of nitrogens with zero attached hydrogens (tertiary/aromatic N) is 1. The largest absolute Gasteiger partial charge is 0.392 e. The van der Waals surface area contributed by atoms with Gasteiger partial charge in [0.1, 0.15) is 0 Å². The van der Waals surface area contributed by atoms with Crippen LogP contribution in [0.5, 0.6) is 0 Å². The number of unbranched alkanes of at least 4 members (excludes halogenated alkanes) is 2. The van der Waals surface area contributed by atoms with Gasteiger partial charge in [-0.05, 0) is 24.7 Å². The van der Waals surface area contributed by atoms with E-state index in [0.717, 1.165) is 0 Å². The normalized spacial score (nSPS) is 20.9. The highest BCUT2D eigenvalue weighted by atomic mass is 19.4. The number of carbonyl (C=O) groups is 2. The Hall–Kier alpha value is -1.07. The van der Waals surface area contributed by atoms with Crippen LogP contribution in [0.15, 0.2) is 0 Å². The lowest BCUT2D eigenvalue weighted by Gasteiger charge is -2.23. The Morgan fingerprint density at radius 3 is 2.13 bits per heavy atom. The molecule has 23 heavy (non-hydrogen) atoms. The molecule has 1 rings (SSSR count). The number of hydrogen-bond acceptors (Lipinski definition) is 2. The van der Waals surface area contributed by atoms with E-state index >= 15 is 0 Å². The Kier molecular flexibility index (Phi) is 7.08. The summed E-state index contributed by atoms with van der Waals surface area (Å²) in [5.74, 6) is -2.08. The lowest BCUT2D eigenvalue weighted by atomic mass is 9.90. The molecule has 1 aliphatic rings. The fraction of sp³-hybridized carbons (Fsp3) is 0.882. The molecule has 0 radical (unpaired) electrons. The van der Waals surface area contributed by atoms with E-state index in [4.69, 9.17) is 0 Å². The average Bonchev–Trinajstić information content (AvgIpc) is 2.68. The minimum atomic E-state index is -4.15. The van der Waals surface area contributed by atoms with E-state index in [1.54, 1.807) is 13.8 Å². The van der Waals surface area contributed by atoms with Gasteiger partial charge >= 0.3 is 6.18 Å². The average molecular weight is 335 g/mol. The number of imide groups is 1. The van der Waals surface area contributed by atoms with Gasteiger partial charge in [0.15, 0.2) is 0 Å². The molecule has 0 aliphatic carbocycles. The SMILES string of the molecule is CC(C)C1CC(=O)N(CCCCCC(C(C)C)C(F)(F)F)C1=O. The van der Waals surface area contributed by atoms with Gasteiger partial charge in [-0.15, -0.1) is 0 Å².